The van der Waals surface area contributed by atoms with Crippen LogP contribution < -0.4 is 4.74 Å². The summed E-state index contributed by atoms with van der Waals surface area (Å²) in [5, 5.41) is 8.79. The van der Waals surface area contributed by atoms with Crippen molar-refractivity contribution in [2.24, 2.45) is 0 Å². The van der Waals surface area contributed by atoms with Crippen LogP contribution in [0, 0.1) is 17.1 Å². The summed E-state index contributed by atoms with van der Waals surface area (Å²) < 4.78 is 18.5. The SMILES string of the molecule is N#Cc1ccc(Oc2ncncc2Cl)cc1F. The second-order valence-electron chi connectivity index (χ2n) is 3.03. The standard InChI is InChI=1S/C11H5ClFN3O/c12-9-5-15-6-16-11(9)17-8-2-1-7(4-14)10(13)3-8/h1-3,5-6H. The Morgan fingerprint density at radius 2 is 2.24 bits per heavy atom. The van der Waals surface area contributed by atoms with Crippen LogP contribution in [0.1, 0.15) is 5.56 Å². The van der Waals surface area contributed by atoms with Gasteiger partial charge in [0.2, 0.25) is 5.88 Å². The van der Waals surface area contributed by atoms with Crippen LogP contribution in [-0.4, -0.2) is 9.97 Å². The first kappa shape index (κ1) is 11.3. The van der Waals surface area contributed by atoms with Gasteiger partial charge in [-0.1, -0.05) is 11.6 Å². The maximum Gasteiger partial charge on any atom is 0.241 e. The third kappa shape index (κ3) is 2.49. The van der Waals surface area contributed by atoms with E-state index in [0.717, 1.165) is 6.07 Å². The maximum atomic E-state index is 13.3. The minimum absolute atomic E-state index is 0.0499. The molecule has 0 saturated carbocycles. The van der Waals surface area contributed by atoms with Gasteiger partial charge in [0.05, 0.1) is 11.8 Å². The minimum atomic E-state index is -0.657. The number of hydrogen-bond acceptors (Lipinski definition) is 4. The Balaban J connectivity index is 2.29. The molecular weight excluding hydrogens is 245 g/mol. The van der Waals surface area contributed by atoms with Crippen molar-refractivity contribution in [3.63, 3.8) is 0 Å². The van der Waals surface area contributed by atoms with Crippen molar-refractivity contribution in [2.45, 2.75) is 0 Å². The van der Waals surface area contributed by atoms with Gasteiger partial charge in [-0.3, -0.25) is 0 Å². The van der Waals surface area contributed by atoms with Crippen molar-refractivity contribution < 1.29 is 9.13 Å². The van der Waals surface area contributed by atoms with Crippen molar-refractivity contribution in [1.29, 1.82) is 5.26 Å². The lowest BCUT2D eigenvalue weighted by Gasteiger charge is -2.05. The Labute approximate surface area is 101 Å². The van der Waals surface area contributed by atoms with Crippen LogP contribution in [0.5, 0.6) is 11.6 Å². The summed E-state index contributed by atoms with van der Waals surface area (Å²) in [5.74, 6) is -0.317. The lowest BCUT2D eigenvalue weighted by atomic mass is 10.2. The van der Waals surface area contributed by atoms with Gasteiger partial charge in [-0.25, -0.2) is 14.4 Å². The van der Waals surface area contributed by atoms with Crippen molar-refractivity contribution in [3.8, 4) is 17.7 Å². The number of halogens is 2. The molecule has 0 amide bonds. The summed E-state index contributed by atoms with van der Waals surface area (Å²) in [4.78, 5) is 7.48. The molecule has 0 N–H and O–H groups in total. The molecule has 4 nitrogen and oxygen atoms in total. The first-order valence-corrected chi connectivity index (χ1v) is 4.91. The van der Waals surface area contributed by atoms with Crippen LogP contribution in [0.3, 0.4) is 0 Å². The van der Waals surface area contributed by atoms with Crippen molar-refractivity contribution >= 4 is 11.6 Å². The van der Waals surface area contributed by atoms with Crippen LogP contribution in [0.2, 0.25) is 5.02 Å². The number of nitriles is 1. The summed E-state index contributed by atoms with van der Waals surface area (Å²) in [6.07, 6.45) is 2.63. The number of rotatable bonds is 2. The number of aromatic nitrogens is 2. The van der Waals surface area contributed by atoms with E-state index >= 15 is 0 Å². The molecule has 1 aromatic carbocycles. The number of benzene rings is 1. The highest BCUT2D eigenvalue weighted by Gasteiger charge is 2.07. The van der Waals surface area contributed by atoms with E-state index in [0.29, 0.717) is 0 Å². The highest BCUT2D eigenvalue weighted by atomic mass is 35.5. The van der Waals surface area contributed by atoms with Crippen LogP contribution in [0.25, 0.3) is 0 Å². The second-order valence-corrected chi connectivity index (χ2v) is 3.44. The van der Waals surface area contributed by atoms with Gasteiger partial charge in [-0.2, -0.15) is 5.26 Å². The molecule has 0 aliphatic rings. The largest absolute Gasteiger partial charge is 0.437 e. The minimum Gasteiger partial charge on any atom is -0.437 e. The van der Waals surface area contributed by atoms with Gasteiger partial charge >= 0.3 is 0 Å². The topological polar surface area (TPSA) is 58.8 Å². The van der Waals surface area contributed by atoms with Gasteiger partial charge in [0.15, 0.2) is 0 Å². The zero-order valence-electron chi connectivity index (χ0n) is 8.39. The fourth-order valence-corrected chi connectivity index (χ4v) is 1.28. The Morgan fingerprint density at radius 1 is 1.41 bits per heavy atom. The monoisotopic (exact) mass is 249 g/mol. The number of hydrogen-bond donors (Lipinski definition) is 0. The van der Waals surface area contributed by atoms with Gasteiger partial charge in [0, 0.05) is 6.07 Å². The average molecular weight is 250 g/mol. The molecule has 1 heterocycles. The van der Waals surface area contributed by atoms with E-state index in [2.05, 4.69) is 9.97 Å². The van der Waals surface area contributed by atoms with E-state index in [1.807, 2.05) is 0 Å². The molecule has 0 fully saturated rings. The molecule has 0 saturated heterocycles. The first-order valence-electron chi connectivity index (χ1n) is 4.53. The van der Waals surface area contributed by atoms with Crippen LogP contribution in [0.15, 0.2) is 30.7 Å². The van der Waals surface area contributed by atoms with E-state index in [9.17, 15) is 4.39 Å². The molecule has 6 heteroatoms. The molecule has 2 rings (SSSR count). The van der Waals surface area contributed by atoms with Crippen molar-refractivity contribution in [2.75, 3.05) is 0 Å². The molecule has 1 aromatic heterocycles. The van der Waals surface area contributed by atoms with Gasteiger partial charge in [-0.05, 0) is 12.1 Å². The third-order valence-corrected chi connectivity index (χ3v) is 2.17. The first-order chi connectivity index (χ1) is 8.20. The maximum absolute atomic E-state index is 13.3. The lowest BCUT2D eigenvalue weighted by Crippen LogP contribution is -1.91. The Bertz CT molecular complexity index is 598. The molecule has 0 aliphatic carbocycles. The predicted octanol–water partition coefficient (Wildman–Crippen LogP) is 2.93. The summed E-state index contributed by atoms with van der Waals surface area (Å²) in [7, 11) is 0. The zero-order chi connectivity index (χ0) is 12.3. The average Bonchev–Trinajstić information content (AvgIpc) is 2.32. The fraction of sp³-hybridized carbons (Fsp3) is 0. The van der Waals surface area contributed by atoms with Crippen molar-refractivity contribution in [1.82, 2.24) is 9.97 Å². The molecule has 0 radical (unpaired) electrons. The van der Waals surface area contributed by atoms with Gasteiger partial charge in [0.1, 0.15) is 29.0 Å². The molecule has 0 aliphatic heterocycles. The van der Waals surface area contributed by atoms with E-state index in [-0.39, 0.29) is 22.2 Å². The normalized spacial score (nSPS) is 9.71. The highest BCUT2D eigenvalue weighted by molar-refractivity contribution is 6.31. The second kappa shape index (κ2) is 4.76. The third-order valence-electron chi connectivity index (χ3n) is 1.91. The van der Waals surface area contributed by atoms with E-state index < -0.39 is 5.82 Å². The summed E-state index contributed by atoms with van der Waals surface area (Å²) in [6, 6.07) is 5.59. The smallest absolute Gasteiger partial charge is 0.241 e. The zero-order valence-corrected chi connectivity index (χ0v) is 9.15. The lowest BCUT2D eigenvalue weighted by molar-refractivity contribution is 0.457. The molecule has 84 valence electrons. The van der Waals surface area contributed by atoms with Gasteiger partial charge < -0.3 is 4.74 Å². The van der Waals surface area contributed by atoms with E-state index in [1.54, 1.807) is 6.07 Å². The number of ether oxygens (including phenoxy) is 1. The van der Waals surface area contributed by atoms with Gasteiger partial charge in [-0.15, -0.1) is 0 Å². The molecule has 0 unspecified atom stereocenters. The van der Waals surface area contributed by atoms with Crippen LogP contribution in [0.4, 0.5) is 4.39 Å². The molecule has 17 heavy (non-hydrogen) atoms. The molecule has 0 bridgehead atoms. The Morgan fingerprint density at radius 3 is 2.88 bits per heavy atom. The number of nitrogens with zero attached hydrogens (tertiary/aromatic N) is 3. The van der Waals surface area contributed by atoms with Crippen LogP contribution >= 0.6 is 11.6 Å². The van der Waals surface area contributed by atoms with Gasteiger partial charge in [0.25, 0.3) is 0 Å². The molecule has 2 aromatic rings. The Hall–Kier alpha value is -2.19. The molecular formula is C11H5ClFN3O. The van der Waals surface area contributed by atoms with Crippen molar-refractivity contribution in [3.05, 3.63) is 47.1 Å². The quantitative estimate of drug-likeness (QED) is 0.821. The summed E-state index contributed by atoms with van der Waals surface area (Å²) in [5.41, 5.74) is -0.0499. The van der Waals surface area contributed by atoms with Crippen LogP contribution in [-0.2, 0) is 0 Å². The Kier molecular flexibility index (Phi) is 3.17. The fourth-order valence-electron chi connectivity index (χ4n) is 1.14. The highest BCUT2D eigenvalue weighted by Crippen LogP contribution is 2.26. The molecule has 0 spiro atoms. The van der Waals surface area contributed by atoms with E-state index in [4.69, 9.17) is 21.6 Å². The summed E-state index contributed by atoms with van der Waals surface area (Å²) >= 11 is 5.78. The molecule has 0 atom stereocenters. The summed E-state index contributed by atoms with van der Waals surface area (Å²) in [6.45, 7) is 0. The van der Waals surface area contributed by atoms with E-state index in [1.165, 1.54) is 24.7 Å². The predicted molar refractivity (Wildman–Crippen MR) is 58.2 cm³/mol.